The van der Waals surface area contributed by atoms with E-state index in [1.54, 1.807) is 20.3 Å². The molecule has 4 rings (SSSR count). The van der Waals surface area contributed by atoms with Crippen LogP contribution in [0, 0.1) is 0 Å². The summed E-state index contributed by atoms with van der Waals surface area (Å²) in [5, 5.41) is 0. The minimum Gasteiger partial charge on any atom is -0.494 e. The number of nitrogens with zero attached hydrogens (tertiary/aromatic N) is 3. The third kappa shape index (κ3) is 8.13. The molecule has 2 aromatic carbocycles. The van der Waals surface area contributed by atoms with E-state index < -0.39 is 0 Å². The summed E-state index contributed by atoms with van der Waals surface area (Å²) in [5.74, 6) is 1.88. The van der Waals surface area contributed by atoms with Crippen LogP contribution in [0.5, 0.6) is 17.2 Å². The summed E-state index contributed by atoms with van der Waals surface area (Å²) in [6, 6.07) is 19.2. The van der Waals surface area contributed by atoms with Crippen LogP contribution in [0.3, 0.4) is 0 Å². The van der Waals surface area contributed by atoms with Gasteiger partial charge < -0.3 is 28.7 Å². The first-order chi connectivity index (χ1) is 20.0. The van der Waals surface area contributed by atoms with Gasteiger partial charge in [0, 0.05) is 43.9 Å². The van der Waals surface area contributed by atoms with Crippen molar-refractivity contribution in [3.63, 3.8) is 0 Å². The van der Waals surface area contributed by atoms with Crippen molar-refractivity contribution in [2.24, 2.45) is 0 Å². The molecule has 0 spiro atoms. The first-order valence-electron chi connectivity index (χ1n) is 14.1. The number of esters is 1. The van der Waals surface area contributed by atoms with Crippen molar-refractivity contribution in [3.05, 3.63) is 66.4 Å². The molecule has 1 aliphatic rings. The molecule has 9 heteroatoms. The molecule has 0 N–H and O–H groups in total. The molecule has 1 aliphatic heterocycles. The highest BCUT2D eigenvalue weighted by Crippen LogP contribution is 2.31. The van der Waals surface area contributed by atoms with Crippen LogP contribution in [0.1, 0.15) is 43.1 Å². The lowest BCUT2D eigenvalue weighted by atomic mass is 10.1. The fourth-order valence-electron chi connectivity index (χ4n) is 4.76. The number of pyridine rings is 1. The molecule has 3 aromatic rings. The van der Waals surface area contributed by atoms with Crippen molar-refractivity contribution in [2.75, 3.05) is 58.5 Å². The van der Waals surface area contributed by atoms with E-state index in [1.807, 2.05) is 54.3 Å². The van der Waals surface area contributed by atoms with Crippen molar-refractivity contribution in [2.45, 2.75) is 32.6 Å². The Labute approximate surface area is 242 Å². The molecule has 1 amide bonds. The summed E-state index contributed by atoms with van der Waals surface area (Å²) in [5.41, 5.74) is 3.08. The molecule has 9 nitrogen and oxygen atoms in total. The molecule has 0 atom stereocenters. The fraction of sp³-hybridized carbons (Fsp3) is 0.406. The third-order valence-corrected chi connectivity index (χ3v) is 7.02. The molecular formula is C32H39N3O6. The van der Waals surface area contributed by atoms with Crippen LogP contribution in [-0.4, -0.2) is 75.4 Å². The zero-order valence-corrected chi connectivity index (χ0v) is 24.1. The molecule has 0 bridgehead atoms. The van der Waals surface area contributed by atoms with Gasteiger partial charge in [0.25, 0.3) is 5.91 Å². The summed E-state index contributed by atoms with van der Waals surface area (Å²) in [6.07, 6.45) is 3.10. The lowest BCUT2D eigenvalue weighted by Gasteiger charge is -2.36. The van der Waals surface area contributed by atoms with E-state index in [0.29, 0.717) is 55.6 Å². The molecule has 1 fully saturated rings. The van der Waals surface area contributed by atoms with Crippen LogP contribution in [0.25, 0.3) is 11.3 Å². The minimum absolute atomic E-state index is 0.0713. The van der Waals surface area contributed by atoms with Gasteiger partial charge in [0.2, 0.25) is 0 Å². The number of amides is 1. The molecule has 41 heavy (non-hydrogen) atoms. The average molecular weight is 562 g/mol. The van der Waals surface area contributed by atoms with Crippen LogP contribution in [0.4, 0.5) is 5.69 Å². The molecule has 0 saturated carbocycles. The second kappa shape index (κ2) is 14.9. The summed E-state index contributed by atoms with van der Waals surface area (Å²) in [7, 11) is 3.19. The standard InChI is InChI=1S/C32H39N3O6/c1-4-40-31(36)11-6-5-7-22-41-26-15-13-25(14-16-26)34-18-20-35(21-19-34)32(37)28-10-8-9-27(33-28)24-12-17-29(38-2)30(23-24)39-3/h8-10,12-17,23H,4-7,11,18-22H2,1-3H3. The van der Waals surface area contributed by atoms with Crippen LogP contribution >= 0.6 is 0 Å². The smallest absolute Gasteiger partial charge is 0.305 e. The monoisotopic (exact) mass is 561 g/mol. The highest BCUT2D eigenvalue weighted by Gasteiger charge is 2.23. The molecule has 2 heterocycles. The van der Waals surface area contributed by atoms with Gasteiger partial charge in [0.05, 0.1) is 33.1 Å². The second-order valence-corrected chi connectivity index (χ2v) is 9.72. The Balaban J connectivity index is 1.25. The number of rotatable bonds is 13. The maximum Gasteiger partial charge on any atom is 0.305 e. The Hall–Kier alpha value is -4.27. The fourth-order valence-corrected chi connectivity index (χ4v) is 4.76. The molecule has 0 radical (unpaired) electrons. The Morgan fingerprint density at radius 3 is 2.32 bits per heavy atom. The highest BCUT2D eigenvalue weighted by atomic mass is 16.5. The minimum atomic E-state index is -0.133. The lowest BCUT2D eigenvalue weighted by molar-refractivity contribution is -0.143. The number of hydrogen-bond acceptors (Lipinski definition) is 8. The molecule has 0 unspecified atom stereocenters. The number of piperazine rings is 1. The predicted octanol–water partition coefficient (Wildman–Crippen LogP) is 5.23. The normalized spacial score (nSPS) is 13.0. The van der Waals surface area contributed by atoms with Gasteiger partial charge >= 0.3 is 5.97 Å². The number of aromatic nitrogens is 1. The van der Waals surface area contributed by atoms with Gasteiger partial charge in [0.1, 0.15) is 11.4 Å². The van der Waals surface area contributed by atoms with Gasteiger partial charge in [-0.25, -0.2) is 4.98 Å². The van der Waals surface area contributed by atoms with Crippen molar-refractivity contribution >= 4 is 17.6 Å². The number of carbonyl (C=O) groups excluding carboxylic acids is 2. The predicted molar refractivity (Wildman–Crippen MR) is 158 cm³/mol. The Morgan fingerprint density at radius 2 is 1.61 bits per heavy atom. The first-order valence-corrected chi connectivity index (χ1v) is 14.1. The van der Waals surface area contributed by atoms with E-state index in [1.165, 1.54) is 0 Å². The number of carbonyl (C=O) groups is 2. The summed E-state index contributed by atoms with van der Waals surface area (Å²) < 4.78 is 21.5. The summed E-state index contributed by atoms with van der Waals surface area (Å²) >= 11 is 0. The van der Waals surface area contributed by atoms with Crippen LogP contribution in [0.15, 0.2) is 60.7 Å². The zero-order chi connectivity index (χ0) is 29.0. The molecular weight excluding hydrogens is 522 g/mol. The summed E-state index contributed by atoms with van der Waals surface area (Å²) in [4.78, 5) is 33.5. The van der Waals surface area contributed by atoms with Gasteiger partial charge in [-0.3, -0.25) is 9.59 Å². The average Bonchev–Trinajstić information content (AvgIpc) is 3.02. The number of ether oxygens (including phenoxy) is 4. The van der Waals surface area contributed by atoms with E-state index in [9.17, 15) is 9.59 Å². The van der Waals surface area contributed by atoms with Crippen LogP contribution in [-0.2, 0) is 9.53 Å². The first kappa shape index (κ1) is 29.7. The number of unbranched alkanes of at least 4 members (excludes halogenated alkanes) is 2. The topological polar surface area (TPSA) is 90.4 Å². The highest BCUT2D eigenvalue weighted by molar-refractivity contribution is 5.93. The van der Waals surface area contributed by atoms with Crippen molar-refractivity contribution in [1.29, 1.82) is 0 Å². The SMILES string of the molecule is CCOC(=O)CCCCCOc1ccc(N2CCN(C(=O)c3cccc(-c4ccc(OC)c(OC)c4)n3)CC2)cc1. The van der Waals surface area contributed by atoms with Crippen molar-refractivity contribution in [3.8, 4) is 28.5 Å². The molecule has 1 saturated heterocycles. The summed E-state index contributed by atoms with van der Waals surface area (Å²) in [6.45, 7) is 5.57. The van der Waals surface area contributed by atoms with E-state index >= 15 is 0 Å². The van der Waals surface area contributed by atoms with E-state index in [-0.39, 0.29) is 11.9 Å². The third-order valence-electron chi connectivity index (χ3n) is 7.02. The number of benzene rings is 2. The quantitative estimate of drug-likeness (QED) is 0.207. The van der Waals surface area contributed by atoms with E-state index in [0.717, 1.165) is 49.4 Å². The van der Waals surface area contributed by atoms with Crippen LogP contribution < -0.4 is 19.1 Å². The Bertz CT molecular complexity index is 1290. The van der Waals surface area contributed by atoms with Crippen molar-refractivity contribution < 1.29 is 28.5 Å². The van der Waals surface area contributed by atoms with Crippen molar-refractivity contribution in [1.82, 2.24) is 9.88 Å². The van der Waals surface area contributed by atoms with E-state index in [4.69, 9.17) is 18.9 Å². The van der Waals surface area contributed by atoms with Gasteiger partial charge in [-0.05, 0) is 80.8 Å². The molecule has 0 aliphatic carbocycles. The molecule has 218 valence electrons. The maximum absolute atomic E-state index is 13.3. The zero-order valence-electron chi connectivity index (χ0n) is 24.1. The van der Waals surface area contributed by atoms with Gasteiger partial charge in [-0.1, -0.05) is 6.07 Å². The largest absolute Gasteiger partial charge is 0.494 e. The van der Waals surface area contributed by atoms with Gasteiger partial charge in [-0.15, -0.1) is 0 Å². The lowest BCUT2D eigenvalue weighted by Crippen LogP contribution is -2.49. The number of methoxy groups -OCH3 is 2. The Morgan fingerprint density at radius 1 is 0.854 bits per heavy atom. The number of anilines is 1. The Kier molecular flexibility index (Phi) is 10.8. The maximum atomic E-state index is 13.3. The van der Waals surface area contributed by atoms with Crippen LogP contribution in [0.2, 0.25) is 0 Å². The molecule has 1 aromatic heterocycles. The number of hydrogen-bond donors (Lipinski definition) is 0. The van der Waals surface area contributed by atoms with Gasteiger partial charge in [-0.2, -0.15) is 0 Å². The second-order valence-electron chi connectivity index (χ2n) is 9.72. The van der Waals surface area contributed by atoms with E-state index in [2.05, 4.69) is 22.0 Å². The van der Waals surface area contributed by atoms with Gasteiger partial charge in [0.15, 0.2) is 11.5 Å².